The average molecular weight is 350 g/mol. The van der Waals surface area contributed by atoms with Gasteiger partial charge in [-0.1, -0.05) is 47.9 Å². The first kappa shape index (κ1) is 17.6. The Hall–Kier alpha value is -2.21. The van der Waals surface area contributed by atoms with Crippen molar-refractivity contribution in [2.75, 3.05) is 4.90 Å². The van der Waals surface area contributed by atoms with Gasteiger partial charge in [0.15, 0.2) is 0 Å². The highest BCUT2D eigenvalue weighted by atomic mass is 32.2. The Labute approximate surface area is 152 Å². The maximum absolute atomic E-state index is 12.9. The van der Waals surface area contributed by atoms with Crippen LogP contribution in [0.2, 0.25) is 0 Å². The van der Waals surface area contributed by atoms with Crippen molar-refractivity contribution in [2.45, 2.75) is 32.1 Å². The quantitative estimate of drug-likeness (QED) is 0.798. The van der Waals surface area contributed by atoms with Crippen molar-refractivity contribution in [2.24, 2.45) is 4.40 Å². The molecule has 2 aromatic rings. The number of rotatable bonds is 3. The summed E-state index contributed by atoms with van der Waals surface area (Å²) in [6.45, 7) is 5.93. The maximum Gasteiger partial charge on any atom is 0.278 e. The summed E-state index contributed by atoms with van der Waals surface area (Å²) in [5, 5.41) is 0. The van der Waals surface area contributed by atoms with Crippen molar-refractivity contribution in [3.8, 4) is 0 Å². The summed E-state index contributed by atoms with van der Waals surface area (Å²) in [4.78, 5) is 14.6. The Bertz CT molecular complexity index is 870. The molecule has 0 saturated heterocycles. The summed E-state index contributed by atoms with van der Waals surface area (Å²) in [6.07, 6.45) is 0. The van der Waals surface area contributed by atoms with Gasteiger partial charge < -0.3 is 4.90 Å². The SMILES string of the molecule is [B]c1ccc(CN2C(=O)/C(=N\S(=O)C(C)(C)C)c3ccccc32)cc1. The summed E-state index contributed by atoms with van der Waals surface area (Å²) < 4.78 is 16.1. The zero-order valence-electron chi connectivity index (χ0n) is 14.5. The van der Waals surface area contributed by atoms with Gasteiger partial charge in [0, 0.05) is 5.56 Å². The monoisotopic (exact) mass is 350 g/mol. The van der Waals surface area contributed by atoms with E-state index in [1.165, 1.54) is 0 Å². The standard InChI is InChI=1S/C19H19BN2O2S/c1-19(2,3)25(24)21-17-15-6-4-5-7-16(15)22(18(17)23)12-13-8-10-14(20)11-9-13/h4-11H,12H2,1-3H3/b21-17-. The molecule has 1 aliphatic rings. The molecule has 1 atom stereocenters. The number of nitrogens with zero attached hydrogens (tertiary/aromatic N) is 2. The molecule has 1 aliphatic heterocycles. The molecule has 2 radical (unpaired) electrons. The van der Waals surface area contributed by atoms with Gasteiger partial charge in [0.2, 0.25) is 0 Å². The largest absolute Gasteiger partial charge is 0.302 e. The minimum Gasteiger partial charge on any atom is -0.302 e. The number of benzene rings is 2. The molecule has 126 valence electrons. The summed E-state index contributed by atoms with van der Waals surface area (Å²) in [6, 6.07) is 14.9. The molecule has 0 aromatic heterocycles. The maximum atomic E-state index is 12.9. The van der Waals surface area contributed by atoms with Crippen LogP contribution in [0.25, 0.3) is 0 Å². The minimum atomic E-state index is -1.50. The van der Waals surface area contributed by atoms with Crippen molar-refractivity contribution >= 4 is 41.6 Å². The van der Waals surface area contributed by atoms with Crippen LogP contribution in [0, 0.1) is 0 Å². The van der Waals surface area contributed by atoms with Gasteiger partial charge in [0.1, 0.15) is 24.5 Å². The molecule has 0 fully saturated rings. The van der Waals surface area contributed by atoms with Crippen LogP contribution in [0.3, 0.4) is 0 Å². The van der Waals surface area contributed by atoms with Gasteiger partial charge in [-0.3, -0.25) is 4.79 Å². The number of anilines is 1. The Balaban J connectivity index is 1.99. The van der Waals surface area contributed by atoms with E-state index in [4.69, 9.17) is 7.85 Å². The smallest absolute Gasteiger partial charge is 0.278 e. The highest BCUT2D eigenvalue weighted by molar-refractivity contribution is 7.85. The molecule has 0 N–H and O–H groups in total. The van der Waals surface area contributed by atoms with Gasteiger partial charge in [-0.25, -0.2) is 4.21 Å². The first-order valence-corrected chi connectivity index (χ1v) is 9.14. The van der Waals surface area contributed by atoms with Crippen LogP contribution in [-0.2, 0) is 22.3 Å². The van der Waals surface area contributed by atoms with Crippen LogP contribution in [0.1, 0.15) is 31.9 Å². The number of para-hydroxylation sites is 1. The Morgan fingerprint density at radius 1 is 1.08 bits per heavy atom. The third kappa shape index (κ3) is 3.59. The highest BCUT2D eigenvalue weighted by Crippen LogP contribution is 2.31. The lowest BCUT2D eigenvalue weighted by Gasteiger charge is -2.17. The second kappa shape index (κ2) is 6.60. The summed E-state index contributed by atoms with van der Waals surface area (Å²) in [7, 11) is 4.23. The number of hydrogen-bond acceptors (Lipinski definition) is 2. The second-order valence-electron chi connectivity index (χ2n) is 6.95. The Morgan fingerprint density at radius 2 is 1.72 bits per heavy atom. The van der Waals surface area contributed by atoms with Gasteiger partial charge in [-0.05, 0) is 32.4 Å². The average Bonchev–Trinajstić information content (AvgIpc) is 2.82. The molecule has 0 bridgehead atoms. The van der Waals surface area contributed by atoms with E-state index in [-0.39, 0.29) is 11.6 Å². The molecular weight excluding hydrogens is 331 g/mol. The zero-order valence-corrected chi connectivity index (χ0v) is 15.3. The second-order valence-corrected chi connectivity index (χ2v) is 8.86. The fourth-order valence-electron chi connectivity index (χ4n) is 2.53. The Morgan fingerprint density at radius 3 is 2.36 bits per heavy atom. The van der Waals surface area contributed by atoms with E-state index in [1.807, 2.05) is 69.3 Å². The molecule has 25 heavy (non-hydrogen) atoms. The van der Waals surface area contributed by atoms with Crippen LogP contribution < -0.4 is 10.4 Å². The van der Waals surface area contributed by atoms with E-state index in [9.17, 15) is 9.00 Å². The fourth-order valence-corrected chi connectivity index (χ4v) is 3.15. The fraction of sp³-hybridized carbons (Fsp3) is 0.263. The molecule has 2 aromatic carbocycles. The predicted molar refractivity (Wildman–Crippen MR) is 104 cm³/mol. The van der Waals surface area contributed by atoms with Gasteiger partial charge in [0.05, 0.1) is 17.0 Å². The number of amides is 1. The van der Waals surface area contributed by atoms with E-state index in [1.54, 1.807) is 4.90 Å². The molecular formula is C19H19BN2O2S. The van der Waals surface area contributed by atoms with Gasteiger partial charge >= 0.3 is 0 Å². The molecule has 3 rings (SSSR count). The first-order chi connectivity index (χ1) is 11.8. The van der Waals surface area contributed by atoms with Crippen LogP contribution >= 0.6 is 0 Å². The van der Waals surface area contributed by atoms with Crippen molar-refractivity contribution in [3.05, 3.63) is 59.7 Å². The lowest BCUT2D eigenvalue weighted by molar-refractivity contribution is -0.112. The lowest BCUT2D eigenvalue weighted by Crippen LogP contribution is -2.31. The van der Waals surface area contributed by atoms with E-state index < -0.39 is 15.7 Å². The summed E-state index contributed by atoms with van der Waals surface area (Å²) in [5.74, 6) is -0.226. The number of carbonyl (C=O) groups is 1. The third-order valence-electron chi connectivity index (χ3n) is 3.92. The lowest BCUT2D eigenvalue weighted by atomic mass is 9.95. The van der Waals surface area contributed by atoms with E-state index in [0.29, 0.717) is 12.0 Å². The molecule has 0 spiro atoms. The molecule has 0 aliphatic carbocycles. The molecule has 0 saturated carbocycles. The number of fused-ring (bicyclic) bond motifs is 1. The predicted octanol–water partition coefficient (Wildman–Crippen LogP) is 2.28. The normalized spacial score (nSPS) is 17.0. The molecule has 1 heterocycles. The highest BCUT2D eigenvalue weighted by Gasteiger charge is 2.35. The third-order valence-corrected chi connectivity index (χ3v) is 5.31. The molecule has 4 nitrogen and oxygen atoms in total. The zero-order chi connectivity index (χ0) is 18.2. The topological polar surface area (TPSA) is 49.7 Å². The van der Waals surface area contributed by atoms with Gasteiger partial charge in [-0.2, -0.15) is 4.40 Å². The molecule has 1 unspecified atom stereocenters. The molecule has 6 heteroatoms. The Kier molecular flexibility index (Phi) is 4.65. The van der Waals surface area contributed by atoms with Crippen LogP contribution in [0.4, 0.5) is 5.69 Å². The van der Waals surface area contributed by atoms with Crippen molar-refractivity contribution < 1.29 is 9.00 Å². The van der Waals surface area contributed by atoms with E-state index >= 15 is 0 Å². The minimum absolute atomic E-state index is 0.226. The van der Waals surface area contributed by atoms with Crippen molar-refractivity contribution in [3.63, 3.8) is 0 Å². The number of hydrogen-bond donors (Lipinski definition) is 0. The number of carbonyl (C=O) groups excluding carboxylic acids is 1. The van der Waals surface area contributed by atoms with Crippen LogP contribution in [-0.4, -0.2) is 28.4 Å². The summed E-state index contributed by atoms with van der Waals surface area (Å²) >= 11 is 0. The summed E-state index contributed by atoms with van der Waals surface area (Å²) in [5.41, 5.74) is 3.42. The van der Waals surface area contributed by atoms with Crippen molar-refractivity contribution in [1.82, 2.24) is 0 Å². The first-order valence-electron chi connectivity index (χ1n) is 8.04. The van der Waals surface area contributed by atoms with Gasteiger partial charge in [-0.15, -0.1) is 0 Å². The van der Waals surface area contributed by atoms with Gasteiger partial charge in [0.25, 0.3) is 5.91 Å². The van der Waals surface area contributed by atoms with E-state index in [2.05, 4.69) is 4.40 Å². The van der Waals surface area contributed by atoms with E-state index in [0.717, 1.165) is 16.8 Å². The van der Waals surface area contributed by atoms with Crippen LogP contribution in [0.15, 0.2) is 52.9 Å². The van der Waals surface area contributed by atoms with Crippen molar-refractivity contribution in [1.29, 1.82) is 0 Å². The molecule has 1 amide bonds. The van der Waals surface area contributed by atoms with Crippen LogP contribution in [0.5, 0.6) is 0 Å².